The average molecular weight is 189 g/mol. The summed E-state index contributed by atoms with van der Waals surface area (Å²) in [4.78, 5) is 0. The van der Waals surface area contributed by atoms with Crippen LogP contribution in [0.2, 0.25) is 0 Å². The van der Waals surface area contributed by atoms with Gasteiger partial charge in [0.05, 0.1) is 11.9 Å². The van der Waals surface area contributed by atoms with Crippen molar-refractivity contribution >= 4 is 5.57 Å². The number of nitrogens with zero attached hydrogens (tertiary/aromatic N) is 2. The zero-order chi connectivity index (χ0) is 9.54. The molecule has 0 atom stereocenters. The molecule has 3 heteroatoms. The lowest BCUT2D eigenvalue weighted by Crippen LogP contribution is -2.09. The number of rotatable bonds is 2. The van der Waals surface area contributed by atoms with E-state index in [2.05, 4.69) is 16.5 Å². The van der Waals surface area contributed by atoms with Gasteiger partial charge >= 0.3 is 0 Å². The number of aryl methyl sites for hydroxylation is 1. The Labute approximate surface area is 83.8 Å². The van der Waals surface area contributed by atoms with Gasteiger partial charge in [-0.2, -0.15) is 5.10 Å². The summed E-state index contributed by atoms with van der Waals surface area (Å²) in [5.74, 6) is 0.792. The molecule has 1 aromatic heterocycles. The fourth-order valence-electron chi connectivity index (χ4n) is 2.20. The van der Waals surface area contributed by atoms with E-state index in [0.717, 1.165) is 19.0 Å². The molecule has 14 heavy (non-hydrogen) atoms. The van der Waals surface area contributed by atoms with Gasteiger partial charge in [0.25, 0.3) is 0 Å². The summed E-state index contributed by atoms with van der Waals surface area (Å²) in [6.07, 6.45) is 7.02. The summed E-state index contributed by atoms with van der Waals surface area (Å²) in [5.41, 5.74) is 4.24. The molecule has 0 aromatic carbocycles. The summed E-state index contributed by atoms with van der Waals surface area (Å²) in [6.45, 7) is 2.00. The Morgan fingerprint density at radius 1 is 1.50 bits per heavy atom. The topological polar surface area (TPSA) is 29.9 Å². The Morgan fingerprint density at radius 2 is 2.36 bits per heavy atom. The lowest BCUT2D eigenvalue weighted by molar-refractivity contribution is 0.751. The largest absolute Gasteiger partial charge is 0.309 e. The van der Waals surface area contributed by atoms with Crippen molar-refractivity contribution in [1.82, 2.24) is 15.1 Å². The SMILES string of the molecule is Cn1ncc(C2CC2)c1C1=CCNC1. The smallest absolute Gasteiger partial charge is 0.0683 e. The molecule has 3 nitrogen and oxygen atoms in total. The fourth-order valence-corrected chi connectivity index (χ4v) is 2.20. The van der Waals surface area contributed by atoms with E-state index in [1.54, 1.807) is 0 Å². The van der Waals surface area contributed by atoms with E-state index in [1.807, 2.05) is 17.9 Å². The average Bonchev–Trinajstić information content (AvgIpc) is 2.75. The lowest BCUT2D eigenvalue weighted by Gasteiger charge is -2.05. The highest BCUT2D eigenvalue weighted by molar-refractivity contribution is 5.69. The second-order valence-electron chi connectivity index (χ2n) is 4.21. The van der Waals surface area contributed by atoms with Gasteiger partial charge in [0.1, 0.15) is 0 Å². The van der Waals surface area contributed by atoms with Crippen LogP contribution in [-0.4, -0.2) is 22.9 Å². The van der Waals surface area contributed by atoms with Crippen LogP contribution in [0.1, 0.15) is 30.0 Å². The van der Waals surface area contributed by atoms with Gasteiger partial charge in [-0.05, 0) is 24.3 Å². The monoisotopic (exact) mass is 189 g/mol. The molecule has 0 unspecified atom stereocenters. The van der Waals surface area contributed by atoms with Crippen LogP contribution >= 0.6 is 0 Å². The standard InChI is InChI=1S/C11H15N3/c1-14-11(9-4-5-12-6-9)10(7-13-14)8-2-3-8/h4,7-8,12H,2-3,5-6H2,1H3. The highest BCUT2D eigenvalue weighted by Crippen LogP contribution is 2.43. The van der Waals surface area contributed by atoms with Crippen LogP contribution in [-0.2, 0) is 7.05 Å². The van der Waals surface area contributed by atoms with Crippen molar-refractivity contribution in [2.24, 2.45) is 7.05 Å². The molecule has 0 amide bonds. The van der Waals surface area contributed by atoms with Gasteiger partial charge < -0.3 is 5.32 Å². The van der Waals surface area contributed by atoms with Gasteiger partial charge in [0, 0.05) is 25.7 Å². The Hall–Kier alpha value is -1.09. The quantitative estimate of drug-likeness (QED) is 0.759. The maximum Gasteiger partial charge on any atom is 0.0683 e. The van der Waals surface area contributed by atoms with Crippen molar-refractivity contribution in [3.63, 3.8) is 0 Å². The number of aromatic nitrogens is 2. The van der Waals surface area contributed by atoms with E-state index in [1.165, 1.54) is 29.7 Å². The first-order valence-electron chi connectivity index (χ1n) is 5.28. The molecule has 74 valence electrons. The van der Waals surface area contributed by atoms with Crippen LogP contribution < -0.4 is 5.32 Å². The molecule has 2 aliphatic rings. The molecule has 0 saturated heterocycles. The number of nitrogens with one attached hydrogen (secondary N) is 1. The van der Waals surface area contributed by atoms with E-state index in [9.17, 15) is 0 Å². The lowest BCUT2D eigenvalue weighted by atomic mass is 10.1. The molecule has 1 aliphatic heterocycles. The third kappa shape index (κ3) is 1.20. The summed E-state index contributed by atoms with van der Waals surface area (Å²) >= 11 is 0. The third-order valence-corrected chi connectivity index (χ3v) is 3.10. The first kappa shape index (κ1) is 8.24. The fraction of sp³-hybridized carbons (Fsp3) is 0.545. The predicted molar refractivity (Wildman–Crippen MR) is 56.0 cm³/mol. The Morgan fingerprint density at radius 3 is 3.00 bits per heavy atom. The summed E-state index contributed by atoms with van der Waals surface area (Å²) in [5, 5.41) is 7.71. The molecule has 0 spiro atoms. The van der Waals surface area contributed by atoms with Crippen LogP contribution in [0, 0.1) is 0 Å². The first-order chi connectivity index (χ1) is 6.86. The van der Waals surface area contributed by atoms with Crippen molar-refractivity contribution in [3.05, 3.63) is 23.5 Å². The van der Waals surface area contributed by atoms with Gasteiger partial charge in [-0.3, -0.25) is 4.68 Å². The third-order valence-electron chi connectivity index (χ3n) is 3.10. The minimum absolute atomic E-state index is 0.792. The van der Waals surface area contributed by atoms with Crippen molar-refractivity contribution in [1.29, 1.82) is 0 Å². The van der Waals surface area contributed by atoms with Crippen LogP contribution in [0.5, 0.6) is 0 Å². The van der Waals surface area contributed by atoms with Gasteiger partial charge in [-0.25, -0.2) is 0 Å². The van der Waals surface area contributed by atoms with E-state index in [-0.39, 0.29) is 0 Å². The molecule has 0 bridgehead atoms. The first-order valence-corrected chi connectivity index (χ1v) is 5.28. The highest BCUT2D eigenvalue weighted by Gasteiger charge is 2.29. The van der Waals surface area contributed by atoms with Gasteiger partial charge in [0.2, 0.25) is 0 Å². The second-order valence-corrected chi connectivity index (χ2v) is 4.21. The molecule has 1 fully saturated rings. The minimum atomic E-state index is 0.792. The molecular formula is C11H15N3. The Kier molecular flexibility index (Phi) is 1.74. The second kappa shape index (κ2) is 2.95. The van der Waals surface area contributed by atoms with Crippen molar-refractivity contribution < 1.29 is 0 Å². The Balaban J connectivity index is 2.04. The molecule has 1 aliphatic carbocycles. The van der Waals surface area contributed by atoms with Gasteiger partial charge in [-0.15, -0.1) is 0 Å². The number of hydrogen-bond acceptors (Lipinski definition) is 2. The van der Waals surface area contributed by atoms with Crippen LogP contribution in [0.3, 0.4) is 0 Å². The number of hydrogen-bond donors (Lipinski definition) is 1. The molecule has 3 rings (SSSR count). The Bertz CT molecular complexity index is 385. The molecule has 1 N–H and O–H groups in total. The molecule has 2 heterocycles. The molecular weight excluding hydrogens is 174 g/mol. The zero-order valence-electron chi connectivity index (χ0n) is 8.45. The van der Waals surface area contributed by atoms with Gasteiger partial charge in [-0.1, -0.05) is 6.08 Å². The van der Waals surface area contributed by atoms with E-state index in [0.29, 0.717) is 0 Å². The highest BCUT2D eigenvalue weighted by atomic mass is 15.3. The zero-order valence-corrected chi connectivity index (χ0v) is 8.45. The molecule has 1 aromatic rings. The van der Waals surface area contributed by atoms with Crippen LogP contribution in [0.4, 0.5) is 0 Å². The summed E-state index contributed by atoms with van der Waals surface area (Å²) in [7, 11) is 2.04. The van der Waals surface area contributed by atoms with Crippen LogP contribution in [0.25, 0.3) is 5.57 Å². The summed E-state index contributed by atoms with van der Waals surface area (Å²) < 4.78 is 2.02. The van der Waals surface area contributed by atoms with Crippen LogP contribution in [0.15, 0.2) is 12.3 Å². The van der Waals surface area contributed by atoms with Crippen molar-refractivity contribution in [2.75, 3.05) is 13.1 Å². The van der Waals surface area contributed by atoms with E-state index < -0.39 is 0 Å². The predicted octanol–water partition coefficient (Wildman–Crippen LogP) is 1.28. The molecule has 1 saturated carbocycles. The van der Waals surface area contributed by atoms with E-state index in [4.69, 9.17) is 0 Å². The minimum Gasteiger partial charge on any atom is -0.309 e. The molecule has 0 radical (unpaired) electrons. The summed E-state index contributed by atoms with van der Waals surface area (Å²) in [6, 6.07) is 0. The van der Waals surface area contributed by atoms with Gasteiger partial charge in [0.15, 0.2) is 0 Å². The van der Waals surface area contributed by atoms with Crippen molar-refractivity contribution in [3.8, 4) is 0 Å². The van der Waals surface area contributed by atoms with E-state index >= 15 is 0 Å². The van der Waals surface area contributed by atoms with Crippen molar-refractivity contribution in [2.45, 2.75) is 18.8 Å². The maximum atomic E-state index is 4.37. The normalized spacial score (nSPS) is 21.4. The maximum absolute atomic E-state index is 4.37.